The zero-order valence-corrected chi connectivity index (χ0v) is 11.4. The molecule has 0 atom stereocenters. The van der Waals surface area contributed by atoms with E-state index in [0.29, 0.717) is 11.5 Å². The molecule has 0 unspecified atom stereocenters. The SMILES string of the molecule is Cc1noc(C)c1CNC(=O)Nc1ccncc1[N+](=O)[O-]. The summed E-state index contributed by atoms with van der Waals surface area (Å²) in [7, 11) is 0. The summed E-state index contributed by atoms with van der Waals surface area (Å²) >= 11 is 0. The van der Waals surface area contributed by atoms with Crippen LogP contribution in [0.1, 0.15) is 17.0 Å². The molecule has 0 saturated heterocycles. The fourth-order valence-corrected chi connectivity index (χ4v) is 1.73. The number of hydrogen-bond acceptors (Lipinski definition) is 6. The summed E-state index contributed by atoms with van der Waals surface area (Å²) in [4.78, 5) is 25.6. The Kier molecular flexibility index (Phi) is 4.12. The molecule has 110 valence electrons. The van der Waals surface area contributed by atoms with Crippen LogP contribution in [0, 0.1) is 24.0 Å². The van der Waals surface area contributed by atoms with Crippen molar-refractivity contribution in [1.82, 2.24) is 15.5 Å². The Hall–Kier alpha value is -2.97. The van der Waals surface area contributed by atoms with Gasteiger partial charge in [0.1, 0.15) is 17.6 Å². The molecule has 0 saturated carbocycles. The molecule has 0 radical (unpaired) electrons. The van der Waals surface area contributed by atoms with Crippen LogP contribution in [0.3, 0.4) is 0 Å². The van der Waals surface area contributed by atoms with Crippen molar-refractivity contribution in [3.63, 3.8) is 0 Å². The lowest BCUT2D eigenvalue weighted by atomic mass is 10.2. The predicted molar refractivity (Wildman–Crippen MR) is 72.7 cm³/mol. The largest absolute Gasteiger partial charge is 0.361 e. The second-order valence-electron chi connectivity index (χ2n) is 4.26. The Balaban J connectivity index is 2.01. The molecule has 0 aromatic carbocycles. The van der Waals surface area contributed by atoms with Gasteiger partial charge in [-0.25, -0.2) is 4.79 Å². The van der Waals surface area contributed by atoms with E-state index in [-0.39, 0.29) is 17.9 Å². The fourth-order valence-electron chi connectivity index (χ4n) is 1.73. The molecule has 2 heterocycles. The number of pyridine rings is 1. The third-order valence-electron chi connectivity index (χ3n) is 2.85. The molecule has 9 nitrogen and oxygen atoms in total. The summed E-state index contributed by atoms with van der Waals surface area (Å²) in [5.74, 6) is 0.614. The summed E-state index contributed by atoms with van der Waals surface area (Å²) in [5.41, 5.74) is 1.26. The molecular formula is C12H13N5O4. The lowest BCUT2D eigenvalue weighted by Gasteiger charge is -2.07. The minimum Gasteiger partial charge on any atom is -0.361 e. The van der Waals surface area contributed by atoms with Gasteiger partial charge < -0.3 is 15.2 Å². The van der Waals surface area contributed by atoms with E-state index >= 15 is 0 Å². The average molecular weight is 291 g/mol. The second kappa shape index (κ2) is 5.99. The first-order valence-corrected chi connectivity index (χ1v) is 6.04. The van der Waals surface area contributed by atoms with E-state index in [0.717, 1.165) is 11.8 Å². The quantitative estimate of drug-likeness (QED) is 0.655. The number of amides is 2. The van der Waals surface area contributed by atoms with Crippen LogP contribution in [0.25, 0.3) is 0 Å². The van der Waals surface area contributed by atoms with E-state index in [1.54, 1.807) is 13.8 Å². The molecule has 0 spiro atoms. The molecule has 2 N–H and O–H groups in total. The van der Waals surface area contributed by atoms with Crippen molar-refractivity contribution in [2.24, 2.45) is 0 Å². The Morgan fingerprint density at radius 3 is 2.86 bits per heavy atom. The highest BCUT2D eigenvalue weighted by Gasteiger charge is 2.16. The highest BCUT2D eigenvalue weighted by molar-refractivity contribution is 5.91. The zero-order chi connectivity index (χ0) is 15.4. The smallest absolute Gasteiger partial charge is 0.319 e. The van der Waals surface area contributed by atoms with Crippen molar-refractivity contribution in [3.05, 3.63) is 45.6 Å². The molecule has 2 rings (SSSR count). The van der Waals surface area contributed by atoms with Crippen LogP contribution in [0.5, 0.6) is 0 Å². The number of rotatable bonds is 4. The number of aryl methyl sites for hydroxylation is 2. The Labute approximate surface area is 119 Å². The first-order chi connectivity index (χ1) is 9.99. The molecule has 9 heteroatoms. The van der Waals surface area contributed by atoms with Gasteiger partial charge in [0.2, 0.25) is 0 Å². The fraction of sp³-hybridized carbons (Fsp3) is 0.250. The van der Waals surface area contributed by atoms with Gasteiger partial charge in [-0.15, -0.1) is 0 Å². The van der Waals surface area contributed by atoms with E-state index in [9.17, 15) is 14.9 Å². The van der Waals surface area contributed by atoms with Crippen LogP contribution in [-0.2, 0) is 6.54 Å². The average Bonchev–Trinajstić information content (AvgIpc) is 2.76. The van der Waals surface area contributed by atoms with Gasteiger partial charge in [0.05, 0.1) is 10.6 Å². The minimum atomic E-state index is -0.614. The number of aromatic nitrogens is 2. The highest BCUT2D eigenvalue weighted by Crippen LogP contribution is 2.21. The molecule has 2 aromatic heterocycles. The lowest BCUT2D eigenvalue weighted by Crippen LogP contribution is -2.28. The number of hydrogen-bond donors (Lipinski definition) is 2. The summed E-state index contributed by atoms with van der Waals surface area (Å²) in [6.07, 6.45) is 2.43. The molecule has 2 amide bonds. The maximum Gasteiger partial charge on any atom is 0.319 e. The molecule has 0 fully saturated rings. The molecule has 21 heavy (non-hydrogen) atoms. The van der Waals surface area contributed by atoms with Gasteiger partial charge >= 0.3 is 11.7 Å². The van der Waals surface area contributed by atoms with Gasteiger partial charge in [-0.3, -0.25) is 15.1 Å². The number of nitrogens with zero attached hydrogens (tertiary/aromatic N) is 3. The number of nitro groups is 1. The molecular weight excluding hydrogens is 278 g/mol. The van der Waals surface area contributed by atoms with Crippen molar-refractivity contribution in [2.45, 2.75) is 20.4 Å². The molecule has 2 aromatic rings. The molecule has 0 aliphatic carbocycles. The van der Waals surface area contributed by atoms with Crippen LogP contribution in [0.2, 0.25) is 0 Å². The van der Waals surface area contributed by atoms with E-state index in [1.807, 2.05) is 0 Å². The van der Waals surface area contributed by atoms with E-state index < -0.39 is 11.0 Å². The van der Waals surface area contributed by atoms with Gasteiger partial charge in [0.25, 0.3) is 0 Å². The van der Waals surface area contributed by atoms with E-state index in [1.165, 1.54) is 12.3 Å². The van der Waals surface area contributed by atoms with Crippen molar-refractivity contribution < 1.29 is 14.2 Å². The van der Waals surface area contributed by atoms with Gasteiger partial charge in [0, 0.05) is 18.3 Å². The van der Waals surface area contributed by atoms with Crippen LogP contribution < -0.4 is 10.6 Å². The number of nitrogens with one attached hydrogen (secondary N) is 2. The Morgan fingerprint density at radius 1 is 1.48 bits per heavy atom. The van der Waals surface area contributed by atoms with Gasteiger partial charge in [-0.05, 0) is 19.9 Å². The maximum atomic E-state index is 11.8. The Morgan fingerprint density at radius 2 is 2.24 bits per heavy atom. The summed E-state index contributed by atoms with van der Waals surface area (Å²) in [6, 6.07) is 0.789. The van der Waals surface area contributed by atoms with Crippen molar-refractivity contribution in [3.8, 4) is 0 Å². The number of urea groups is 1. The molecule has 0 aliphatic heterocycles. The van der Waals surface area contributed by atoms with Crippen LogP contribution in [0.4, 0.5) is 16.2 Å². The third-order valence-corrected chi connectivity index (χ3v) is 2.85. The molecule has 0 bridgehead atoms. The number of carbonyl (C=O) groups excluding carboxylic acids is 1. The van der Waals surface area contributed by atoms with Crippen LogP contribution in [-0.4, -0.2) is 21.1 Å². The summed E-state index contributed by atoms with van der Waals surface area (Å²) in [6.45, 7) is 3.72. The van der Waals surface area contributed by atoms with E-state index in [2.05, 4.69) is 20.8 Å². The van der Waals surface area contributed by atoms with E-state index in [4.69, 9.17) is 4.52 Å². The normalized spacial score (nSPS) is 10.2. The topological polar surface area (TPSA) is 123 Å². The lowest BCUT2D eigenvalue weighted by molar-refractivity contribution is -0.384. The van der Waals surface area contributed by atoms with Crippen molar-refractivity contribution in [2.75, 3.05) is 5.32 Å². The second-order valence-corrected chi connectivity index (χ2v) is 4.26. The maximum absolute atomic E-state index is 11.8. The van der Waals surface area contributed by atoms with Gasteiger partial charge in [0.15, 0.2) is 0 Å². The highest BCUT2D eigenvalue weighted by atomic mass is 16.6. The third kappa shape index (κ3) is 3.32. The van der Waals surface area contributed by atoms with Gasteiger partial charge in [-0.2, -0.15) is 0 Å². The zero-order valence-electron chi connectivity index (χ0n) is 11.4. The first kappa shape index (κ1) is 14.4. The number of anilines is 1. The summed E-state index contributed by atoms with van der Waals surface area (Å²) < 4.78 is 4.98. The van der Waals surface area contributed by atoms with Crippen LogP contribution in [0.15, 0.2) is 23.0 Å². The van der Waals surface area contributed by atoms with Crippen molar-refractivity contribution >= 4 is 17.4 Å². The molecule has 0 aliphatic rings. The monoisotopic (exact) mass is 291 g/mol. The van der Waals surface area contributed by atoms with Crippen molar-refractivity contribution in [1.29, 1.82) is 0 Å². The minimum absolute atomic E-state index is 0.0752. The summed E-state index contributed by atoms with van der Waals surface area (Å²) in [5, 5.41) is 19.6. The Bertz CT molecular complexity index is 663. The standard InChI is InChI=1S/C12H13N5O4/c1-7-9(8(2)21-16-7)5-14-12(18)15-10-3-4-13-6-11(10)17(19)20/h3-4,6H,5H2,1-2H3,(H2,13,14,15,18). The van der Waals surface area contributed by atoms with Gasteiger partial charge in [-0.1, -0.05) is 5.16 Å². The van der Waals surface area contributed by atoms with Crippen LogP contribution >= 0.6 is 0 Å². The predicted octanol–water partition coefficient (Wildman–Crippen LogP) is 1.92. The first-order valence-electron chi connectivity index (χ1n) is 6.04. The number of carbonyl (C=O) groups is 1.